The molecule has 0 saturated carbocycles. The largest absolute Gasteiger partial charge is 0.342 e. The van der Waals surface area contributed by atoms with E-state index >= 15 is 0 Å². The van der Waals surface area contributed by atoms with Gasteiger partial charge < -0.3 is 10.3 Å². The molecule has 1 aliphatic heterocycles. The minimum Gasteiger partial charge on any atom is -0.342 e. The number of nitrogens with one attached hydrogen (secondary N) is 2. The molecule has 2 aromatic rings. The van der Waals surface area contributed by atoms with E-state index in [0.717, 1.165) is 43.0 Å². The van der Waals surface area contributed by atoms with Gasteiger partial charge in [0.1, 0.15) is 5.82 Å². The number of benzene rings is 1. The Kier molecular flexibility index (Phi) is 3.47. The van der Waals surface area contributed by atoms with E-state index in [4.69, 9.17) is 0 Å². The maximum absolute atomic E-state index is 10.6. The summed E-state index contributed by atoms with van der Waals surface area (Å²) in [6, 6.07) is 6.51. The second kappa shape index (κ2) is 5.42. The second-order valence-corrected chi connectivity index (χ2v) is 5.03. The van der Waals surface area contributed by atoms with Crippen LogP contribution in [0, 0.1) is 10.1 Å². The molecule has 2 N–H and O–H groups in total. The monoisotopic (exact) mass is 272 g/mol. The summed E-state index contributed by atoms with van der Waals surface area (Å²) in [7, 11) is 0. The van der Waals surface area contributed by atoms with Crippen LogP contribution >= 0.6 is 0 Å². The van der Waals surface area contributed by atoms with Gasteiger partial charge >= 0.3 is 0 Å². The van der Waals surface area contributed by atoms with Gasteiger partial charge in [-0.25, -0.2) is 4.98 Å². The Morgan fingerprint density at radius 3 is 2.75 bits per heavy atom. The van der Waals surface area contributed by atoms with Crippen molar-refractivity contribution in [3.05, 3.63) is 46.4 Å². The summed E-state index contributed by atoms with van der Waals surface area (Å²) < 4.78 is 0. The molecule has 0 radical (unpaired) electrons. The zero-order valence-corrected chi connectivity index (χ0v) is 11.0. The van der Waals surface area contributed by atoms with Gasteiger partial charge in [-0.3, -0.25) is 10.1 Å². The quantitative estimate of drug-likeness (QED) is 0.664. The van der Waals surface area contributed by atoms with Crippen LogP contribution in [-0.4, -0.2) is 28.0 Å². The lowest BCUT2D eigenvalue weighted by molar-refractivity contribution is -0.384. The molecule has 0 aliphatic carbocycles. The van der Waals surface area contributed by atoms with Crippen LogP contribution in [0.3, 0.4) is 0 Å². The summed E-state index contributed by atoms with van der Waals surface area (Å²) in [6.45, 7) is 2.03. The van der Waals surface area contributed by atoms with E-state index < -0.39 is 4.92 Å². The fraction of sp³-hybridized carbons (Fsp3) is 0.357. The molecular formula is C14H16N4O2. The van der Waals surface area contributed by atoms with Crippen LogP contribution in [0.5, 0.6) is 0 Å². The van der Waals surface area contributed by atoms with Gasteiger partial charge in [0.05, 0.1) is 16.8 Å². The maximum atomic E-state index is 10.6. The molecule has 6 nitrogen and oxygen atoms in total. The first kappa shape index (κ1) is 12.8. The first-order valence-corrected chi connectivity index (χ1v) is 6.74. The molecule has 3 rings (SSSR count). The first-order chi connectivity index (χ1) is 9.74. The van der Waals surface area contributed by atoms with E-state index in [1.54, 1.807) is 18.3 Å². The van der Waals surface area contributed by atoms with Crippen LogP contribution in [0.25, 0.3) is 11.3 Å². The summed E-state index contributed by atoms with van der Waals surface area (Å²) >= 11 is 0. The summed E-state index contributed by atoms with van der Waals surface area (Å²) in [4.78, 5) is 18.0. The minimum atomic E-state index is -0.393. The Morgan fingerprint density at radius 2 is 2.10 bits per heavy atom. The lowest BCUT2D eigenvalue weighted by atomic mass is 9.99. The SMILES string of the molecule is O=[N+]([O-])c1ccc(-c2cnc(C3CCCNC3)[nH]2)cc1. The van der Waals surface area contributed by atoms with Gasteiger partial charge in [0.2, 0.25) is 0 Å². The van der Waals surface area contributed by atoms with Crippen molar-refractivity contribution >= 4 is 5.69 Å². The molecule has 1 unspecified atom stereocenters. The Bertz CT molecular complexity index is 600. The van der Waals surface area contributed by atoms with Crippen molar-refractivity contribution in [2.45, 2.75) is 18.8 Å². The Balaban J connectivity index is 1.80. The zero-order valence-electron chi connectivity index (χ0n) is 11.0. The van der Waals surface area contributed by atoms with E-state index in [-0.39, 0.29) is 5.69 Å². The molecule has 1 aliphatic rings. The zero-order chi connectivity index (χ0) is 13.9. The van der Waals surface area contributed by atoms with Gasteiger partial charge in [-0.1, -0.05) is 0 Å². The first-order valence-electron chi connectivity index (χ1n) is 6.74. The van der Waals surface area contributed by atoms with Crippen molar-refractivity contribution in [1.29, 1.82) is 0 Å². The van der Waals surface area contributed by atoms with E-state index in [9.17, 15) is 10.1 Å². The number of aromatic amines is 1. The van der Waals surface area contributed by atoms with E-state index in [1.165, 1.54) is 12.1 Å². The highest BCUT2D eigenvalue weighted by atomic mass is 16.6. The lowest BCUT2D eigenvalue weighted by Gasteiger charge is -2.20. The molecule has 1 aromatic heterocycles. The average Bonchev–Trinajstić information content (AvgIpc) is 2.98. The number of non-ortho nitro benzene ring substituents is 1. The predicted octanol–water partition coefficient (Wildman–Crippen LogP) is 2.45. The molecule has 1 saturated heterocycles. The van der Waals surface area contributed by atoms with Crippen molar-refractivity contribution in [2.75, 3.05) is 13.1 Å². The smallest absolute Gasteiger partial charge is 0.269 e. The van der Waals surface area contributed by atoms with E-state index in [1.807, 2.05) is 0 Å². The van der Waals surface area contributed by atoms with Crippen LogP contribution in [0.2, 0.25) is 0 Å². The second-order valence-electron chi connectivity index (χ2n) is 5.03. The molecule has 1 fully saturated rings. The number of H-pyrrole nitrogens is 1. The number of imidazole rings is 1. The normalized spacial score (nSPS) is 18.9. The van der Waals surface area contributed by atoms with E-state index in [2.05, 4.69) is 15.3 Å². The molecule has 2 heterocycles. The highest BCUT2D eigenvalue weighted by Crippen LogP contribution is 2.25. The van der Waals surface area contributed by atoms with Gasteiger partial charge in [0, 0.05) is 30.2 Å². The number of rotatable bonds is 3. The molecule has 0 bridgehead atoms. The third-order valence-corrected chi connectivity index (χ3v) is 3.67. The summed E-state index contributed by atoms with van der Waals surface area (Å²) in [6.07, 6.45) is 4.10. The van der Waals surface area contributed by atoms with Crippen LogP contribution < -0.4 is 5.32 Å². The Labute approximate surface area is 116 Å². The fourth-order valence-corrected chi connectivity index (χ4v) is 2.54. The number of hydrogen-bond acceptors (Lipinski definition) is 4. The average molecular weight is 272 g/mol. The lowest BCUT2D eigenvalue weighted by Crippen LogP contribution is -2.28. The van der Waals surface area contributed by atoms with Crippen LogP contribution in [0.1, 0.15) is 24.6 Å². The molecule has 0 amide bonds. The fourth-order valence-electron chi connectivity index (χ4n) is 2.54. The third kappa shape index (κ3) is 2.55. The van der Waals surface area contributed by atoms with Crippen molar-refractivity contribution in [1.82, 2.24) is 15.3 Å². The van der Waals surface area contributed by atoms with E-state index in [0.29, 0.717) is 5.92 Å². The third-order valence-electron chi connectivity index (χ3n) is 3.67. The highest BCUT2D eigenvalue weighted by molar-refractivity contribution is 5.60. The number of piperidine rings is 1. The van der Waals surface area contributed by atoms with Gasteiger partial charge in [0.15, 0.2) is 0 Å². The van der Waals surface area contributed by atoms with Gasteiger partial charge in [-0.2, -0.15) is 0 Å². The number of nitrogens with zero attached hydrogens (tertiary/aromatic N) is 2. The molecule has 20 heavy (non-hydrogen) atoms. The molecule has 1 atom stereocenters. The van der Waals surface area contributed by atoms with Crippen LogP contribution in [0.4, 0.5) is 5.69 Å². The number of hydrogen-bond donors (Lipinski definition) is 2. The maximum Gasteiger partial charge on any atom is 0.269 e. The van der Waals surface area contributed by atoms with Gasteiger partial charge in [-0.15, -0.1) is 0 Å². The Hall–Kier alpha value is -2.21. The molecule has 104 valence electrons. The molecule has 0 spiro atoms. The summed E-state index contributed by atoms with van der Waals surface area (Å²) in [5, 5.41) is 14.0. The van der Waals surface area contributed by atoms with Crippen molar-refractivity contribution in [3.8, 4) is 11.3 Å². The van der Waals surface area contributed by atoms with Gasteiger partial charge in [0.25, 0.3) is 5.69 Å². The molecular weight excluding hydrogens is 256 g/mol. The topological polar surface area (TPSA) is 83.8 Å². The molecule has 6 heteroatoms. The molecule has 1 aromatic carbocycles. The number of aromatic nitrogens is 2. The number of nitro groups is 1. The predicted molar refractivity (Wildman–Crippen MR) is 75.5 cm³/mol. The standard InChI is InChI=1S/C14H16N4O2/c19-18(20)12-5-3-10(4-6-12)13-9-16-14(17-13)11-2-1-7-15-8-11/h3-6,9,11,15H,1-2,7-8H2,(H,16,17). The van der Waals surface area contributed by atoms with Crippen molar-refractivity contribution < 1.29 is 4.92 Å². The summed E-state index contributed by atoms with van der Waals surface area (Å²) in [5.41, 5.74) is 1.92. The van der Waals surface area contributed by atoms with Crippen molar-refractivity contribution in [2.24, 2.45) is 0 Å². The highest BCUT2D eigenvalue weighted by Gasteiger charge is 2.18. The minimum absolute atomic E-state index is 0.102. The van der Waals surface area contributed by atoms with Crippen LogP contribution in [0.15, 0.2) is 30.5 Å². The van der Waals surface area contributed by atoms with Gasteiger partial charge in [-0.05, 0) is 31.5 Å². The number of nitro benzene ring substituents is 1. The van der Waals surface area contributed by atoms with Crippen LogP contribution in [-0.2, 0) is 0 Å². The van der Waals surface area contributed by atoms with Crippen molar-refractivity contribution in [3.63, 3.8) is 0 Å². The summed E-state index contributed by atoms with van der Waals surface area (Å²) in [5.74, 6) is 1.42. The Morgan fingerprint density at radius 1 is 1.30 bits per heavy atom.